The SMILES string of the molecule is Cc1oc(C(=O)O)cc1CNOCC(C)C. The Kier molecular flexibility index (Phi) is 4.52. The molecular weight excluding hydrogens is 210 g/mol. The average molecular weight is 227 g/mol. The summed E-state index contributed by atoms with van der Waals surface area (Å²) >= 11 is 0. The predicted molar refractivity (Wildman–Crippen MR) is 58.0 cm³/mol. The number of hydroxylamine groups is 1. The van der Waals surface area contributed by atoms with Gasteiger partial charge >= 0.3 is 5.97 Å². The second-order valence-electron chi connectivity index (χ2n) is 4.02. The highest BCUT2D eigenvalue weighted by molar-refractivity contribution is 5.84. The largest absolute Gasteiger partial charge is 0.475 e. The van der Waals surface area contributed by atoms with E-state index in [1.54, 1.807) is 6.92 Å². The smallest absolute Gasteiger partial charge is 0.371 e. The van der Waals surface area contributed by atoms with Crippen LogP contribution in [0.25, 0.3) is 0 Å². The van der Waals surface area contributed by atoms with Crippen LogP contribution < -0.4 is 5.48 Å². The molecule has 1 aromatic heterocycles. The molecule has 5 nitrogen and oxygen atoms in total. The van der Waals surface area contributed by atoms with Gasteiger partial charge in [-0.2, -0.15) is 5.48 Å². The van der Waals surface area contributed by atoms with E-state index in [0.717, 1.165) is 5.56 Å². The van der Waals surface area contributed by atoms with Crippen molar-refractivity contribution in [2.45, 2.75) is 27.3 Å². The molecular formula is C11H17NO4. The number of hydrogen-bond donors (Lipinski definition) is 2. The molecule has 0 aromatic carbocycles. The lowest BCUT2D eigenvalue weighted by atomic mass is 10.2. The number of carboxylic acid groups (broad SMARTS) is 1. The van der Waals surface area contributed by atoms with Crippen molar-refractivity contribution in [2.75, 3.05) is 6.61 Å². The molecule has 1 aromatic rings. The predicted octanol–water partition coefficient (Wildman–Crippen LogP) is 1.96. The summed E-state index contributed by atoms with van der Waals surface area (Å²) in [5.74, 6) is -0.0545. The first-order chi connectivity index (χ1) is 7.50. The minimum atomic E-state index is -1.06. The maximum absolute atomic E-state index is 10.6. The van der Waals surface area contributed by atoms with E-state index in [9.17, 15) is 4.79 Å². The van der Waals surface area contributed by atoms with Crippen molar-refractivity contribution in [3.63, 3.8) is 0 Å². The minimum absolute atomic E-state index is 0.0434. The Hall–Kier alpha value is -1.33. The van der Waals surface area contributed by atoms with Gasteiger partial charge in [0.05, 0.1) is 6.61 Å². The fraction of sp³-hybridized carbons (Fsp3) is 0.545. The Bertz CT molecular complexity index is 357. The van der Waals surface area contributed by atoms with Crippen LogP contribution in [0.15, 0.2) is 10.5 Å². The zero-order valence-electron chi connectivity index (χ0n) is 9.74. The van der Waals surface area contributed by atoms with Crippen molar-refractivity contribution in [1.29, 1.82) is 0 Å². The Balaban J connectivity index is 2.45. The molecule has 0 spiro atoms. The van der Waals surface area contributed by atoms with Crippen LogP contribution >= 0.6 is 0 Å². The minimum Gasteiger partial charge on any atom is -0.475 e. The molecule has 16 heavy (non-hydrogen) atoms. The van der Waals surface area contributed by atoms with Gasteiger partial charge in [-0.15, -0.1) is 0 Å². The fourth-order valence-electron chi connectivity index (χ4n) is 1.16. The highest BCUT2D eigenvalue weighted by atomic mass is 16.6. The number of hydrogen-bond acceptors (Lipinski definition) is 4. The van der Waals surface area contributed by atoms with Crippen molar-refractivity contribution < 1.29 is 19.2 Å². The summed E-state index contributed by atoms with van der Waals surface area (Å²) in [5.41, 5.74) is 3.57. The van der Waals surface area contributed by atoms with Crippen molar-refractivity contribution in [3.8, 4) is 0 Å². The lowest BCUT2D eigenvalue weighted by molar-refractivity contribution is 0.0194. The summed E-state index contributed by atoms with van der Waals surface area (Å²) < 4.78 is 5.06. The van der Waals surface area contributed by atoms with E-state index in [-0.39, 0.29) is 5.76 Å². The molecule has 2 N–H and O–H groups in total. The van der Waals surface area contributed by atoms with E-state index in [1.165, 1.54) is 6.07 Å². The van der Waals surface area contributed by atoms with Gasteiger partial charge in [-0.3, -0.25) is 0 Å². The first-order valence-corrected chi connectivity index (χ1v) is 5.18. The van der Waals surface area contributed by atoms with Crippen LogP contribution in [0.2, 0.25) is 0 Å². The van der Waals surface area contributed by atoms with Gasteiger partial charge in [-0.1, -0.05) is 13.8 Å². The Morgan fingerprint density at radius 3 is 2.81 bits per heavy atom. The highest BCUT2D eigenvalue weighted by Gasteiger charge is 2.12. The van der Waals surface area contributed by atoms with Crippen molar-refractivity contribution in [3.05, 3.63) is 23.2 Å². The van der Waals surface area contributed by atoms with Gasteiger partial charge < -0.3 is 14.4 Å². The highest BCUT2D eigenvalue weighted by Crippen LogP contribution is 2.14. The molecule has 0 saturated heterocycles. The van der Waals surface area contributed by atoms with Gasteiger partial charge in [-0.25, -0.2) is 4.79 Å². The zero-order valence-corrected chi connectivity index (χ0v) is 9.74. The van der Waals surface area contributed by atoms with Gasteiger partial charge in [0.15, 0.2) is 0 Å². The molecule has 0 radical (unpaired) electrons. The summed E-state index contributed by atoms with van der Waals surface area (Å²) in [6.07, 6.45) is 0. The zero-order chi connectivity index (χ0) is 12.1. The summed E-state index contributed by atoms with van der Waals surface area (Å²) in [4.78, 5) is 15.8. The van der Waals surface area contributed by atoms with Gasteiger partial charge in [0.2, 0.25) is 5.76 Å². The summed E-state index contributed by atoms with van der Waals surface area (Å²) in [7, 11) is 0. The Morgan fingerprint density at radius 2 is 2.31 bits per heavy atom. The van der Waals surface area contributed by atoms with Crippen LogP contribution in [0, 0.1) is 12.8 Å². The molecule has 0 unspecified atom stereocenters. The number of carboxylic acids is 1. The molecule has 0 fully saturated rings. The fourth-order valence-corrected chi connectivity index (χ4v) is 1.16. The van der Waals surface area contributed by atoms with Gasteiger partial charge in [0.25, 0.3) is 0 Å². The van der Waals surface area contributed by atoms with Crippen molar-refractivity contribution >= 4 is 5.97 Å². The summed E-state index contributed by atoms with van der Waals surface area (Å²) in [5, 5.41) is 8.72. The molecule has 0 aliphatic rings. The molecule has 0 bridgehead atoms. The lowest BCUT2D eigenvalue weighted by Crippen LogP contribution is -2.17. The maximum atomic E-state index is 10.6. The number of aryl methyl sites for hydroxylation is 1. The van der Waals surface area contributed by atoms with E-state index in [2.05, 4.69) is 5.48 Å². The number of rotatable bonds is 6. The third-order valence-corrected chi connectivity index (χ3v) is 2.01. The van der Waals surface area contributed by atoms with Gasteiger partial charge in [0.1, 0.15) is 5.76 Å². The van der Waals surface area contributed by atoms with Crippen LogP contribution in [-0.2, 0) is 11.4 Å². The first-order valence-electron chi connectivity index (χ1n) is 5.18. The molecule has 1 heterocycles. The molecule has 90 valence electrons. The average Bonchev–Trinajstić information content (AvgIpc) is 2.55. The van der Waals surface area contributed by atoms with Crippen LogP contribution in [0.4, 0.5) is 0 Å². The normalized spacial score (nSPS) is 11.0. The lowest BCUT2D eigenvalue weighted by Gasteiger charge is -2.06. The Morgan fingerprint density at radius 1 is 1.62 bits per heavy atom. The van der Waals surface area contributed by atoms with Crippen LogP contribution in [0.5, 0.6) is 0 Å². The third kappa shape index (κ3) is 3.67. The van der Waals surface area contributed by atoms with Crippen LogP contribution in [-0.4, -0.2) is 17.7 Å². The molecule has 1 rings (SSSR count). The second-order valence-corrected chi connectivity index (χ2v) is 4.02. The van der Waals surface area contributed by atoms with E-state index in [4.69, 9.17) is 14.4 Å². The van der Waals surface area contributed by atoms with Crippen LogP contribution in [0.3, 0.4) is 0 Å². The van der Waals surface area contributed by atoms with E-state index >= 15 is 0 Å². The topological polar surface area (TPSA) is 71.7 Å². The van der Waals surface area contributed by atoms with E-state index in [1.807, 2.05) is 13.8 Å². The number of carbonyl (C=O) groups is 1. The molecule has 0 aliphatic carbocycles. The van der Waals surface area contributed by atoms with Gasteiger partial charge in [0, 0.05) is 12.1 Å². The number of furan rings is 1. The monoisotopic (exact) mass is 227 g/mol. The van der Waals surface area contributed by atoms with Gasteiger partial charge in [-0.05, 0) is 18.9 Å². The van der Waals surface area contributed by atoms with Crippen LogP contribution in [0.1, 0.15) is 35.7 Å². The van der Waals surface area contributed by atoms with E-state index < -0.39 is 5.97 Å². The van der Waals surface area contributed by atoms with Crippen molar-refractivity contribution in [2.24, 2.45) is 5.92 Å². The van der Waals surface area contributed by atoms with Crippen molar-refractivity contribution in [1.82, 2.24) is 5.48 Å². The molecule has 0 saturated carbocycles. The second kappa shape index (κ2) is 5.67. The molecule has 5 heteroatoms. The molecule has 0 aliphatic heterocycles. The quantitative estimate of drug-likeness (QED) is 0.574. The molecule has 0 atom stereocenters. The number of aromatic carboxylic acids is 1. The van der Waals surface area contributed by atoms with E-state index in [0.29, 0.717) is 24.8 Å². The maximum Gasteiger partial charge on any atom is 0.371 e. The first kappa shape index (κ1) is 12.7. The summed E-state index contributed by atoms with van der Waals surface area (Å²) in [6, 6.07) is 1.50. The molecule has 0 amide bonds. The Labute approximate surface area is 94.4 Å². The number of nitrogens with one attached hydrogen (secondary N) is 1. The summed E-state index contributed by atoms with van der Waals surface area (Å²) in [6.45, 7) is 6.88. The standard InChI is InChI=1S/C11H17NO4/c1-7(2)6-15-12-5-9-4-10(11(13)14)16-8(9)3/h4,7,12H,5-6H2,1-3H3,(H,13,14). The third-order valence-electron chi connectivity index (χ3n) is 2.01.